The van der Waals surface area contributed by atoms with Gasteiger partial charge >= 0.3 is 0 Å². The van der Waals surface area contributed by atoms with Gasteiger partial charge in [0.1, 0.15) is 0 Å². The quantitative estimate of drug-likeness (QED) is 0.810. The lowest BCUT2D eigenvalue weighted by Crippen LogP contribution is -2.26. The molecule has 2 aromatic rings. The van der Waals surface area contributed by atoms with Gasteiger partial charge in [-0.3, -0.25) is 4.79 Å². The second-order valence-electron chi connectivity index (χ2n) is 7.08. The highest BCUT2D eigenvalue weighted by Gasteiger charge is 2.15. The normalized spacial score (nSPS) is 11.3. The molecule has 0 fully saturated rings. The molecule has 0 saturated heterocycles. The summed E-state index contributed by atoms with van der Waals surface area (Å²) in [6, 6.07) is 18.1. The minimum absolute atomic E-state index is 0.0691. The zero-order chi connectivity index (χ0) is 16.2. The van der Waals surface area contributed by atoms with E-state index in [1.807, 2.05) is 55.6 Å². The smallest absolute Gasteiger partial charge is 0.253 e. The molecule has 2 nitrogen and oxygen atoms in total. The molecule has 2 rings (SSSR count). The summed E-state index contributed by atoms with van der Waals surface area (Å²) in [5.41, 5.74) is 3.34. The number of carbonyl (C=O) groups is 1. The van der Waals surface area contributed by atoms with E-state index in [0.717, 1.165) is 17.5 Å². The molecule has 2 aromatic carbocycles. The summed E-state index contributed by atoms with van der Waals surface area (Å²) < 4.78 is 0. The van der Waals surface area contributed by atoms with E-state index in [-0.39, 0.29) is 11.3 Å². The standard InChI is InChI=1S/C20H25NO/c1-20(2,3)14-17-11-8-12-18(13-17)19(22)21(4)15-16-9-6-5-7-10-16/h5-13H,14-15H2,1-4H3. The van der Waals surface area contributed by atoms with Crippen molar-refractivity contribution in [1.29, 1.82) is 0 Å². The molecule has 0 heterocycles. The third-order valence-electron chi connectivity index (χ3n) is 3.52. The molecule has 0 atom stereocenters. The van der Waals surface area contributed by atoms with E-state index in [1.165, 1.54) is 5.56 Å². The molecule has 116 valence electrons. The third-order valence-corrected chi connectivity index (χ3v) is 3.52. The number of rotatable bonds is 4. The fourth-order valence-electron chi connectivity index (χ4n) is 2.58. The number of hydrogen-bond acceptors (Lipinski definition) is 1. The van der Waals surface area contributed by atoms with Crippen molar-refractivity contribution < 1.29 is 4.79 Å². The van der Waals surface area contributed by atoms with Crippen molar-refractivity contribution in [1.82, 2.24) is 4.90 Å². The van der Waals surface area contributed by atoms with Gasteiger partial charge in [-0.05, 0) is 35.1 Å². The molecule has 0 aliphatic rings. The van der Waals surface area contributed by atoms with Crippen LogP contribution >= 0.6 is 0 Å². The van der Waals surface area contributed by atoms with Crippen LogP contribution in [0.2, 0.25) is 0 Å². The number of hydrogen-bond donors (Lipinski definition) is 0. The Morgan fingerprint density at radius 3 is 2.23 bits per heavy atom. The van der Waals surface area contributed by atoms with Crippen molar-refractivity contribution in [3.8, 4) is 0 Å². The Hall–Kier alpha value is -2.09. The molecule has 0 aromatic heterocycles. The maximum atomic E-state index is 12.6. The highest BCUT2D eigenvalue weighted by molar-refractivity contribution is 5.94. The van der Waals surface area contributed by atoms with Crippen molar-refractivity contribution in [3.63, 3.8) is 0 Å². The summed E-state index contributed by atoms with van der Waals surface area (Å²) in [4.78, 5) is 14.4. The van der Waals surface area contributed by atoms with E-state index >= 15 is 0 Å². The molecular weight excluding hydrogens is 270 g/mol. The number of amides is 1. The van der Waals surface area contributed by atoms with E-state index < -0.39 is 0 Å². The molecular formula is C20H25NO. The zero-order valence-electron chi connectivity index (χ0n) is 14.0. The van der Waals surface area contributed by atoms with Gasteiger partial charge in [-0.15, -0.1) is 0 Å². The van der Waals surface area contributed by atoms with E-state index in [2.05, 4.69) is 26.8 Å². The lowest BCUT2D eigenvalue weighted by atomic mass is 9.87. The summed E-state index contributed by atoms with van der Waals surface area (Å²) in [7, 11) is 1.85. The highest BCUT2D eigenvalue weighted by Crippen LogP contribution is 2.21. The van der Waals surface area contributed by atoms with Crippen LogP contribution in [0.5, 0.6) is 0 Å². The molecule has 0 spiro atoms. The molecule has 0 N–H and O–H groups in total. The van der Waals surface area contributed by atoms with Gasteiger partial charge in [-0.1, -0.05) is 63.2 Å². The first-order chi connectivity index (χ1) is 10.3. The lowest BCUT2D eigenvalue weighted by molar-refractivity contribution is 0.0785. The van der Waals surface area contributed by atoms with E-state index in [4.69, 9.17) is 0 Å². The van der Waals surface area contributed by atoms with Crippen LogP contribution in [0, 0.1) is 5.41 Å². The summed E-state index contributed by atoms with van der Waals surface area (Å²) >= 11 is 0. The molecule has 22 heavy (non-hydrogen) atoms. The first kappa shape index (κ1) is 16.3. The van der Waals surface area contributed by atoms with Crippen LogP contribution in [0.4, 0.5) is 0 Å². The Morgan fingerprint density at radius 2 is 1.59 bits per heavy atom. The molecule has 2 heteroatoms. The van der Waals surface area contributed by atoms with Gasteiger partial charge in [-0.2, -0.15) is 0 Å². The Bertz CT molecular complexity index is 626. The molecule has 0 radical (unpaired) electrons. The van der Waals surface area contributed by atoms with Crippen LogP contribution in [0.1, 0.15) is 42.3 Å². The van der Waals surface area contributed by atoms with Gasteiger partial charge in [0.05, 0.1) is 0 Å². The van der Waals surface area contributed by atoms with Crippen molar-refractivity contribution >= 4 is 5.91 Å². The van der Waals surface area contributed by atoms with Gasteiger partial charge in [0.2, 0.25) is 0 Å². The second kappa shape index (κ2) is 6.78. The number of benzene rings is 2. The van der Waals surface area contributed by atoms with E-state index in [0.29, 0.717) is 6.54 Å². The first-order valence-electron chi connectivity index (χ1n) is 7.73. The Labute approximate surface area is 133 Å². The minimum Gasteiger partial charge on any atom is -0.337 e. The predicted octanol–water partition coefficient (Wildman–Crippen LogP) is 4.55. The molecule has 0 bridgehead atoms. The van der Waals surface area contributed by atoms with E-state index in [9.17, 15) is 4.79 Å². The number of carbonyl (C=O) groups excluding carboxylic acids is 1. The SMILES string of the molecule is CN(Cc1ccccc1)C(=O)c1cccc(CC(C)(C)C)c1. The minimum atomic E-state index is 0.0691. The van der Waals surface area contributed by atoms with Crippen LogP contribution < -0.4 is 0 Å². The predicted molar refractivity (Wildman–Crippen MR) is 91.8 cm³/mol. The van der Waals surface area contributed by atoms with Crippen LogP contribution in [0.15, 0.2) is 54.6 Å². The Balaban J connectivity index is 2.10. The van der Waals surface area contributed by atoms with Crippen LogP contribution in [-0.4, -0.2) is 17.9 Å². The first-order valence-corrected chi connectivity index (χ1v) is 7.73. The van der Waals surface area contributed by atoms with Gasteiger partial charge in [0.25, 0.3) is 5.91 Å². The summed E-state index contributed by atoms with van der Waals surface area (Å²) in [5, 5.41) is 0. The molecule has 0 unspecified atom stereocenters. The molecule has 0 saturated carbocycles. The van der Waals surface area contributed by atoms with Crippen molar-refractivity contribution in [2.45, 2.75) is 33.7 Å². The molecule has 0 aliphatic heterocycles. The molecule has 1 amide bonds. The van der Waals surface area contributed by atoms with Crippen LogP contribution in [0.3, 0.4) is 0 Å². The van der Waals surface area contributed by atoms with Crippen molar-refractivity contribution in [2.75, 3.05) is 7.05 Å². The Kier molecular flexibility index (Phi) is 5.02. The summed E-state index contributed by atoms with van der Waals surface area (Å²) in [6.07, 6.45) is 0.969. The fourth-order valence-corrected chi connectivity index (χ4v) is 2.58. The second-order valence-corrected chi connectivity index (χ2v) is 7.08. The topological polar surface area (TPSA) is 20.3 Å². The third kappa shape index (κ3) is 4.73. The van der Waals surface area contributed by atoms with Gasteiger partial charge in [0.15, 0.2) is 0 Å². The van der Waals surface area contributed by atoms with Crippen LogP contribution in [-0.2, 0) is 13.0 Å². The van der Waals surface area contributed by atoms with Gasteiger partial charge < -0.3 is 4.90 Å². The monoisotopic (exact) mass is 295 g/mol. The average molecular weight is 295 g/mol. The summed E-state index contributed by atoms with van der Waals surface area (Å²) in [5.74, 6) is 0.0691. The van der Waals surface area contributed by atoms with Crippen molar-refractivity contribution in [3.05, 3.63) is 71.3 Å². The largest absolute Gasteiger partial charge is 0.337 e. The zero-order valence-corrected chi connectivity index (χ0v) is 14.0. The maximum absolute atomic E-state index is 12.6. The summed E-state index contributed by atoms with van der Waals surface area (Å²) in [6.45, 7) is 7.26. The van der Waals surface area contributed by atoms with Crippen LogP contribution in [0.25, 0.3) is 0 Å². The average Bonchev–Trinajstić information content (AvgIpc) is 2.46. The maximum Gasteiger partial charge on any atom is 0.253 e. The molecule has 0 aliphatic carbocycles. The van der Waals surface area contributed by atoms with Gasteiger partial charge in [-0.25, -0.2) is 0 Å². The van der Waals surface area contributed by atoms with Gasteiger partial charge in [0, 0.05) is 19.2 Å². The fraction of sp³-hybridized carbons (Fsp3) is 0.350. The highest BCUT2D eigenvalue weighted by atomic mass is 16.2. The van der Waals surface area contributed by atoms with Crippen molar-refractivity contribution in [2.24, 2.45) is 5.41 Å². The lowest BCUT2D eigenvalue weighted by Gasteiger charge is -2.20. The Morgan fingerprint density at radius 1 is 0.955 bits per heavy atom. The number of nitrogens with zero attached hydrogens (tertiary/aromatic N) is 1. The van der Waals surface area contributed by atoms with E-state index in [1.54, 1.807) is 4.90 Å².